The van der Waals surface area contributed by atoms with Crippen molar-refractivity contribution in [2.45, 2.75) is 38.8 Å². The number of benzene rings is 1. The van der Waals surface area contributed by atoms with E-state index in [2.05, 4.69) is 43.5 Å². The maximum absolute atomic E-state index is 11.8. The number of aliphatic hydroxyl groups excluding tert-OH is 1. The molecule has 2 aromatic rings. The zero-order valence-corrected chi connectivity index (χ0v) is 13.8. The van der Waals surface area contributed by atoms with Gasteiger partial charge >= 0.3 is 6.03 Å². The fourth-order valence-electron chi connectivity index (χ4n) is 2.14. The van der Waals surface area contributed by atoms with Crippen LogP contribution in [0.25, 0.3) is 0 Å². The van der Waals surface area contributed by atoms with Crippen molar-refractivity contribution in [3.05, 3.63) is 59.5 Å². The van der Waals surface area contributed by atoms with Crippen LogP contribution in [0.1, 0.15) is 43.8 Å². The van der Waals surface area contributed by atoms with Gasteiger partial charge in [0.25, 0.3) is 0 Å². The number of hydrogen-bond donors (Lipinski definition) is 3. The topological polar surface area (TPSA) is 74.5 Å². The van der Waals surface area contributed by atoms with Crippen molar-refractivity contribution in [1.29, 1.82) is 0 Å². The van der Waals surface area contributed by atoms with Crippen molar-refractivity contribution in [1.82, 2.24) is 10.6 Å². The third-order valence-electron chi connectivity index (χ3n) is 3.60. The Hall–Kier alpha value is -2.27. The number of furan rings is 1. The van der Waals surface area contributed by atoms with E-state index in [9.17, 15) is 9.90 Å². The highest BCUT2D eigenvalue weighted by molar-refractivity contribution is 5.73. The van der Waals surface area contributed by atoms with Crippen molar-refractivity contribution >= 4 is 6.03 Å². The minimum absolute atomic E-state index is 0.0995. The van der Waals surface area contributed by atoms with Crippen LogP contribution in [0.15, 0.2) is 47.1 Å². The first-order valence-electron chi connectivity index (χ1n) is 7.69. The smallest absolute Gasteiger partial charge is 0.315 e. The number of nitrogens with one attached hydrogen (secondary N) is 2. The van der Waals surface area contributed by atoms with E-state index in [1.807, 2.05) is 12.1 Å². The minimum Gasteiger partial charge on any atom is -0.467 e. The first-order valence-corrected chi connectivity index (χ1v) is 7.69. The molecule has 3 N–H and O–H groups in total. The van der Waals surface area contributed by atoms with Gasteiger partial charge in [-0.1, -0.05) is 45.0 Å². The summed E-state index contributed by atoms with van der Waals surface area (Å²) in [4.78, 5) is 11.8. The molecule has 0 aliphatic carbocycles. The van der Waals surface area contributed by atoms with Crippen LogP contribution in [0.2, 0.25) is 0 Å². The Balaban J connectivity index is 1.76. The number of aliphatic hydroxyl groups is 1. The first-order chi connectivity index (χ1) is 10.9. The average molecular weight is 316 g/mol. The quantitative estimate of drug-likeness (QED) is 0.793. The van der Waals surface area contributed by atoms with E-state index in [0.717, 1.165) is 5.56 Å². The fourth-order valence-corrected chi connectivity index (χ4v) is 2.14. The highest BCUT2D eigenvalue weighted by Crippen LogP contribution is 2.22. The number of carbonyl (C=O) groups is 1. The summed E-state index contributed by atoms with van der Waals surface area (Å²) in [5.74, 6) is 0.433. The van der Waals surface area contributed by atoms with Gasteiger partial charge < -0.3 is 20.2 Å². The second-order valence-electron chi connectivity index (χ2n) is 6.54. The molecule has 5 nitrogen and oxygen atoms in total. The molecule has 0 fully saturated rings. The summed E-state index contributed by atoms with van der Waals surface area (Å²) >= 11 is 0. The predicted molar refractivity (Wildman–Crippen MR) is 89.0 cm³/mol. The van der Waals surface area contributed by atoms with Crippen LogP contribution < -0.4 is 10.6 Å². The van der Waals surface area contributed by atoms with Gasteiger partial charge in [0.05, 0.1) is 12.8 Å². The largest absolute Gasteiger partial charge is 0.467 e. The predicted octanol–water partition coefficient (Wildman–Crippen LogP) is 3.11. The van der Waals surface area contributed by atoms with Gasteiger partial charge in [0.1, 0.15) is 11.9 Å². The maximum atomic E-state index is 11.8. The third kappa shape index (κ3) is 5.14. The molecule has 0 aliphatic rings. The van der Waals surface area contributed by atoms with Crippen LogP contribution in [-0.4, -0.2) is 17.7 Å². The van der Waals surface area contributed by atoms with Crippen LogP contribution in [0.4, 0.5) is 4.79 Å². The lowest BCUT2D eigenvalue weighted by Gasteiger charge is -2.19. The van der Waals surface area contributed by atoms with Crippen molar-refractivity contribution < 1.29 is 14.3 Å². The van der Waals surface area contributed by atoms with E-state index < -0.39 is 6.10 Å². The zero-order valence-electron chi connectivity index (χ0n) is 13.8. The lowest BCUT2D eigenvalue weighted by atomic mass is 9.87. The maximum Gasteiger partial charge on any atom is 0.315 e. The van der Waals surface area contributed by atoms with E-state index in [0.29, 0.717) is 12.3 Å². The second kappa shape index (κ2) is 7.33. The molecule has 2 rings (SSSR count). The minimum atomic E-state index is -0.846. The fraction of sp³-hybridized carbons (Fsp3) is 0.389. The van der Waals surface area contributed by atoms with Gasteiger partial charge in [-0.3, -0.25) is 0 Å². The van der Waals surface area contributed by atoms with Crippen LogP contribution >= 0.6 is 0 Å². The van der Waals surface area contributed by atoms with Crippen LogP contribution in [0, 0.1) is 0 Å². The monoisotopic (exact) mass is 316 g/mol. The van der Waals surface area contributed by atoms with Gasteiger partial charge in [0, 0.05) is 6.54 Å². The highest BCUT2D eigenvalue weighted by Gasteiger charge is 2.13. The third-order valence-corrected chi connectivity index (χ3v) is 3.60. The van der Waals surface area contributed by atoms with E-state index in [-0.39, 0.29) is 18.0 Å². The molecule has 0 spiro atoms. The normalized spacial score (nSPS) is 12.7. The molecule has 0 saturated carbocycles. The summed E-state index contributed by atoms with van der Waals surface area (Å²) < 4.78 is 5.07. The number of carbonyl (C=O) groups excluding carboxylic acids is 1. The van der Waals surface area contributed by atoms with Crippen molar-refractivity contribution in [3.63, 3.8) is 0 Å². The van der Waals surface area contributed by atoms with Gasteiger partial charge in [-0.15, -0.1) is 0 Å². The Labute approximate surface area is 136 Å². The van der Waals surface area contributed by atoms with Crippen LogP contribution in [0.5, 0.6) is 0 Å². The van der Waals surface area contributed by atoms with Crippen molar-refractivity contribution in [2.75, 3.05) is 6.54 Å². The van der Waals surface area contributed by atoms with E-state index in [1.165, 1.54) is 11.8 Å². The Morgan fingerprint density at radius 1 is 1.17 bits per heavy atom. The summed E-state index contributed by atoms with van der Waals surface area (Å²) in [7, 11) is 0. The van der Waals surface area contributed by atoms with E-state index in [1.54, 1.807) is 12.1 Å². The molecular formula is C18H24N2O3. The summed E-state index contributed by atoms with van der Waals surface area (Å²) in [6.45, 7) is 7.03. The Morgan fingerprint density at radius 2 is 1.87 bits per heavy atom. The Kier molecular flexibility index (Phi) is 5.45. The van der Waals surface area contributed by atoms with E-state index >= 15 is 0 Å². The molecule has 0 radical (unpaired) electrons. The Morgan fingerprint density at radius 3 is 2.43 bits per heavy atom. The van der Waals surface area contributed by atoms with Gasteiger partial charge in [-0.2, -0.15) is 0 Å². The molecule has 0 bridgehead atoms. The van der Waals surface area contributed by atoms with Crippen molar-refractivity contribution in [2.24, 2.45) is 0 Å². The van der Waals surface area contributed by atoms with Gasteiger partial charge in [-0.25, -0.2) is 4.79 Å². The van der Waals surface area contributed by atoms with E-state index in [4.69, 9.17) is 4.42 Å². The molecule has 1 aromatic heterocycles. The number of amides is 2. The molecule has 0 aliphatic heterocycles. The standard InChI is InChI=1S/C18H24N2O3/c1-18(2,3)14-8-6-13(7-9-14)11-19-17(22)20-12-15(21)16-5-4-10-23-16/h4-10,15,21H,11-12H2,1-3H3,(H2,19,20,22). The lowest BCUT2D eigenvalue weighted by Crippen LogP contribution is -2.37. The molecule has 23 heavy (non-hydrogen) atoms. The molecule has 1 heterocycles. The van der Waals surface area contributed by atoms with Crippen molar-refractivity contribution in [3.8, 4) is 0 Å². The summed E-state index contributed by atoms with van der Waals surface area (Å²) in [5.41, 5.74) is 2.40. The zero-order chi connectivity index (χ0) is 16.9. The van der Waals surface area contributed by atoms with Gasteiger partial charge in [-0.05, 0) is 28.7 Å². The molecule has 1 aromatic carbocycles. The lowest BCUT2D eigenvalue weighted by molar-refractivity contribution is 0.148. The highest BCUT2D eigenvalue weighted by atomic mass is 16.4. The average Bonchev–Trinajstić information content (AvgIpc) is 3.04. The molecule has 0 saturated heterocycles. The van der Waals surface area contributed by atoms with Crippen LogP contribution in [-0.2, 0) is 12.0 Å². The van der Waals surface area contributed by atoms with Gasteiger partial charge in [0.2, 0.25) is 0 Å². The molecule has 2 amide bonds. The SMILES string of the molecule is CC(C)(C)c1ccc(CNC(=O)NCC(O)c2ccco2)cc1. The Bertz CT molecular complexity index is 613. The summed E-state index contributed by atoms with van der Waals surface area (Å²) in [5, 5.41) is 15.2. The molecule has 124 valence electrons. The summed E-state index contributed by atoms with van der Waals surface area (Å²) in [6.07, 6.45) is 0.640. The summed E-state index contributed by atoms with van der Waals surface area (Å²) in [6, 6.07) is 11.2. The first kappa shape index (κ1) is 17.1. The van der Waals surface area contributed by atoms with Gasteiger partial charge in [0.15, 0.2) is 0 Å². The van der Waals surface area contributed by atoms with Crippen LogP contribution in [0.3, 0.4) is 0 Å². The molecule has 5 heteroatoms. The molecule has 1 unspecified atom stereocenters. The second-order valence-corrected chi connectivity index (χ2v) is 6.54. The molecule has 1 atom stereocenters. The number of hydrogen-bond acceptors (Lipinski definition) is 3. The molecular weight excluding hydrogens is 292 g/mol. The number of rotatable bonds is 5. The number of urea groups is 1.